The predicted octanol–water partition coefficient (Wildman–Crippen LogP) is 3.90. The van der Waals surface area contributed by atoms with Crippen molar-refractivity contribution in [2.75, 3.05) is 27.4 Å². The number of hydrogen-bond acceptors (Lipinski definition) is 27. The van der Waals surface area contributed by atoms with Gasteiger partial charge in [0, 0.05) is 48.9 Å². The molecule has 6 saturated heterocycles. The fourth-order valence-corrected chi connectivity index (χ4v) is 35.3. The summed E-state index contributed by atoms with van der Waals surface area (Å²) < 4.78 is 190. The quantitative estimate of drug-likeness (QED) is 0.207. The van der Waals surface area contributed by atoms with E-state index in [1.807, 2.05) is 40.7 Å². The van der Waals surface area contributed by atoms with Crippen LogP contribution >= 0.6 is 0 Å². The van der Waals surface area contributed by atoms with Gasteiger partial charge in [-0.2, -0.15) is 55.8 Å². The van der Waals surface area contributed by atoms with Gasteiger partial charge in [0.15, 0.2) is 9.49 Å². The molecule has 0 spiro atoms. The minimum atomic E-state index is -3.81. The van der Waals surface area contributed by atoms with Crippen LogP contribution in [0.2, 0.25) is 0 Å². The van der Waals surface area contributed by atoms with Crippen molar-refractivity contribution in [3.05, 3.63) is 0 Å². The Morgan fingerprint density at radius 2 is 1.00 bits per heavy atom. The van der Waals surface area contributed by atoms with Gasteiger partial charge in [-0.3, -0.25) is 44.3 Å². The highest BCUT2D eigenvalue weighted by molar-refractivity contribution is 7.90. The van der Waals surface area contributed by atoms with Crippen LogP contribution in [-0.4, -0.2) is 168 Å². The fraction of sp³-hybridized carbons (Fsp3) is 0.918. The molecule has 0 amide bonds. The van der Waals surface area contributed by atoms with Crippen molar-refractivity contribution in [1.82, 2.24) is 0 Å². The topological polar surface area (TPSA) is 389 Å². The summed E-state index contributed by atoms with van der Waals surface area (Å²) in [6.07, 6.45) is 5.80. The molecule has 0 aromatic rings. The Bertz CT molecular complexity index is 3970. The summed E-state index contributed by atoms with van der Waals surface area (Å²) in [6.45, 7) is 18.9. The Kier molecular flexibility index (Phi) is 16.3. The van der Waals surface area contributed by atoms with E-state index in [1.165, 1.54) is 28.1 Å². The van der Waals surface area contributed by atoms with Gasteiger partial charge in [-0.05, 0) is 142 Å². The average Bonchev–Trinajstić information content (AvgIpc) is 1.52. The van der Waals surface area contributed by atoms with Crippen LogP contribution in [0.1, 0.15) is 133 Å². The van der Waals surface area contributed by atoms with Crippen LogP contribution in [0.5, 0.6) is 0 Å². The standard InChI is InChI=1S/C14H20O7S.2C10H14O5S.C9H11NO3S.2C9H14O3S/c1-8-12-14(7-20-10(3)16)5-13(8,6-19-9(2)15)4-11(14)22(17,18)21-12;1-5-6-3-7-8(5)15-16(12,13)10(7,4-6)9(11)14-2;1-4-5-3-6-8(4)15-16(12,13)9(6)7(5)10(11)14-2;1-5-6-2-7-8(5)13-14(11,12)9(7,3-6)4-10;1-5-6-3-7-8(5)12-13(10,11)9(7,2)4-6;1-4-6-3-7-8(4)12-13(10,11)9(7)5(6)2/h8,11-12H,4-7H2,1-3H3;5-8H,3-4H2,1-2H3;4-9H,3H2,1-2H3;5-8H,2-3H2,1H3;5-8H,3-4H2,1-2H3;4-9H,3H2,1-2H3. The van der Waals surface area contributed by atoms with Crippen LogP contribution in [0.15, 0.2) is 0 Å². The van der Waals surface area contributed by atoms with Gasteiger partial charge in [0.25, 0.3) is 60.7 Å². The first-order chi connectivity index (χ1) is 43.5. The fourth-order valence-electron chi connectivity index (χ4n) is 22.9. The molecule has 27 nitrogen and oxygen atoms in total. The highest BCUT2D eigenvalue weighted by atomic mass is 32.2. The summed E-state index contributed by atoms with van der Waals surface area (Å²) >= 11 is 0. The van der Waals surface area contributed by atoms with Gasteiger partial charge in [-0.15, -0.1) is 0 Å². The van der Waals surface area contributed by atoms with Gasteiger partial charge < -0.3 is 18.9 Å². The van der Waals surface area contributed by atoms with Crippen LogP contribution in [0.4, 0.5) is 0 Å². The molecule has 0 aromatic carbocycles. The molecule has 94 heavy (non-hydrogen) atoms. The average molecular weight is 1440 g/mol. The molecule has 18 aliphatic rings. The molecule has 32 atom stereocenters. The van der Waals surface area contributed by atoms with Gasteiger partial charge in [0.05, 0.1) is 85.4 Å². The molecule has 33 heteroatoms. The third-order valence-electron chi connectivity index (χ3n) is 27.7. The Hall–Kier alpha value is -3.17. The first kappa shape index (κ1) is 69.3. The summed E-state index contributed by atoms with van der Waals surface area (Å²) in [6, 6.07) is 2.00. The lowest BCUT2D eigenvalue weighted by Gasteiger charge is -2.35. The van der Waals surface area contributed by atoms with Gasteiger partial charge >= 0.3 is 23.9 Å². The van der Waals surface area contributed by atoms with E-state index in [1.54, 1.807) is 0 Å². The van der Waals surface area contributed by atoms with Crippen LogP contribution < -0.4 is 0 Å². The molecule has 0 N–H and O–H groups in total. The molecule has 18 rings (SSSR count). The van der Waals surface area contributed by atoms with E-state index in [-0.39, 0.29) is 108 Å². The van der Waals surface area contributed by atoms with Gasteiger partial charge in [-0.25, -0.2) is 0 Å². The highest BCUT2D eigenvalue weighted by Gasteiger charge is 2.79. The molecule has 6 heterocycles. The van der Waals surface area contributed by atoms with E-state index in [2.05, 4.69) is 25.5 Å². The molecule has 12 aliphatic carbocycles. The Balaban J connectivity index is 0.000000103. The van der Waals surface area contributed by atoms with Gasteiger partial charge in [-0.1, -0.05) is 48.5 Å². The number of methoxy groups -OCH3 is 2. The van der Waals surface area contributed by atoms with Crippen molar-refractivity contribution in [3.8, 4) is 6.07 Å². The molecule has 32 unspecified atom stereocenters. The number of nitrogens with zero attached hydrogens (tertiary/aromatic N) is 1. The normalized spacial score (nSPS) is 53.6. The second kappa shape index (κ2) is 22.2. The summed E-state index contributed by atoms with van der Waals surface area (Å²) in [5, 5.41) is 7.54. The minimum absolute atomic E-state index is 0.00546. The molecule has 528 valence electrons. The van der Waals surface area contributed by atoms with Crippen molar-refractivity contribution >= 4 is 84.6 Å². The lowest BCUT2D eigenvalue weighted by molar-refractivity contribution is -0.148. The second-order valence-electron chi connectivity index (χ2n) is 31.3. The van der Waals surface area contributed by atoms with Gasteiger partial charge in [0.1, 0.15) is 16.6 Å². The SMILES string of the molecule is CC(=O)OCC12CC3C(COC(C)=O)(C1)C(OS3(=O)=O)C2C.CC1C2CC3C1OS(=O)(=O)C3(C#N)C2.CC1C2CC3C1OS(=O)(=O)C3(C)C2.CC1C2CC3C1OS(=O)(=O)C3C2C.COC(=O)C12CC3CC1C(OS2(=O)=O)C3C.COC(=O)C1C2CC3C(OS(=O)(=O)C31)C2C. The molecule has 0 radical (unpaired) electrons. The van der Waals surface area contributed by atoms with E-state index in [0.717, 1.165) is 38.5 Å². The van der Waals surface area contributed by atoms with Crippen LogP contribution in [0.25, 0.3) is 0 Å². The minimum Gasteiger partial charge on any atom is -0.469 e. The molecule has 18 fully saturated rings. The third kappa shape index (κ3) is 9.34. The van der Waals surface area contributed by atoms with E-state index >= 15 is 0 Å². The van der Waals surface area contributed by atoms with Crippen LogP contribution in [-0.2, 0) is 124 Å². The van der Waals surface area contributed by atoms with Crippen LogP contribution in [0.3, 0.4) is 0 Å². The Labute approximate surface area is 551 Å². The molecular weight excluding hydrogens is 1360 g/mol. The monoisotopic (exact) mass is 1440 g/mol. The zero-order valence-corrected chi connectivity index (χ0v) is 59.5. The van der Waals surface area contributed by atoms with Crippen molar-refractivity contribution < 1.29 is 114 Å². The molecule has 0 aromatic heterocycles. The zero-order chi connectivity index (χ0) is 68.7. The van der Waals surface area contributed by atoms with Crippen LogP contribution in [0, 0.1) is 129 Å². The maximum absolute atomic E-state index is 12.3. The number of rotatable bonds is 6. The summed E-state index contributed by atoms with van der Waals surface area (Å²) in [5.41, 5.74) is -1.14. The van der Waals surface area contributed by atoms with E-state index in [0.29, 0.717) is 73.0 Å². The summed E-state index contributed by atoms with van der Waals surface area (Å²) in [7, 11) is -18.6. The molecule has 12 bridgehead atoms. The first-order valence-corrected chi connectivity index (χ1v) is 41.6. The van der Waals surface area contributed by atoms with Crippen molar-refractivity contribution in [2.45, 2.75) is 200 Å². The number of carbonyl (C=O) groups is 4. The van der Waals surface area contributed by atoms with E-state index in [9.17, 15) is 69.7 Å². The lowest BCUT2D eigenvalue weighted by Crippen LogP contribution is -2.48. The van der Waals surface area contributed by atoms with E-state index in [4.69, 9.17) is 44.6 Å². The maximum Gasteiger partial charge on any atom is 0.330 e. The number of fused-ring (bicyclic) bond motifs is 6. The summed E-state index contributed by atoms with van der Waals surface area (Å²) in [5.74, 6) is 1.54. The zero-order valence-electron chi connectivity index (χ0n) is 54.6. The van der Waals surface area contributed by atoms with Gasteiger partial charge in [0.2, 0.25) is 0 Å². The van der Waals surface area contributed by atoms with Crippen molar-refractivity contribution in [3.63, 3.8) is 0 Å². The molecule has 12 saturated carbocycles. The maximum atomic E-state index is 12.3. The molecule has 6 aliphatic heterocycles. The lowest BCUT2D eigenvalue weighted by atomic mass is 9.73. The number of hydrogen-bond donors (Lipinski definition) is 0. The largest absolute Gasteiger partial charge is 0.469 e. The number of carbonyl (C=O) groups excluding carboxylic acids is 4. The smallest absolute Gasteiger partial charge is 0.330 e. The Morgan fingerprint density at radius 3 is 1.54 bits per heavy atom. The first-order valence-electron chi connectivity index (χ1n) is 32.9. The number of esters is 4. The predicted molar refractivity (Wildman–Crippen MR) is 324 cm³/mol. The number of nitriles is 1. The second-order valence-corrected chi connectivity index (χ2v) is 42.2. The van der Waals surface area contributed by atoms with E-state index < -0.39 is 126 Å². The highest BCUT2D eigenvalue weighted by Crippen LogP contribution is 2.71. The van der Waals surface area contributed by atoms with Crippen molar-refractivity contribution in [2.24, 2.45) is 117 Å². The number of ether oxygens (including phenoxy) is 4. The Morgan fingerprint density at radius 1 is 0.500 bits per heavy atom. The molecular formula is C61H87NO26S6. The third-order valence-corrected chi connectivity index (χ3v) is 39.3. The van der Waals surface area contributed by atoms with Crippen molar-refractivity contribution in [1.29, 1.82) is 5.26 Å². The summed E-state index contributed by atoms with van der Waals surface area (Å²) in [4.78, 5) is 45.8.